The summed E-state index contributed by atoms with van der Waals surface area (Å²) in [6, 6.07) is 6.60. The molecule has 1 aromatic rings. The van der Waals surface area contributed by atoms with Crippen molar-refractivity contribution < 1.29 is 13.2 Å². The van der Waals surface area contributed by atoms with Crippen molar-refractivity contribution in [2.24, 2.45) is 0 Å². The summed E-state index contributed by atoms with van der Waals surface area (Å²) in [7, 11) is 0. The summed E-state index contributed by atoms with van der Waals surface area (Å²) in [5.41, 5.74) is 0. The molecule has 1 N–H and O–H groups in total. The van der Waals surface area contributed by atoms with Crippen LogP contribution < -0.4 is 7.95 Å². The van der Waals surface area contributed by atoms with Gasteiger partial charge in [-0.2, -0.15) is 0 Å². The van der Waals surface area contributed by atoms with E-state index in [0.717, 1.165) is 5.75 Å². The average molecular weight is 252 g/mol. The molecule has 0 fully saturated rings. The molecule has 4 heteroatoms. The zero-order valence-corrected chi connectivity index (χ0v) is 7.11. The molecule has 0 aliphatic rings. The summed E-state index contributed by atoms with van der Waals surface area (Å²) < 4.78 is 4.85. The molecule has 0 aromatic heterocycles. The van der Waals surface area contributed by atoms with Crippen molar-refractivity contribution in [3.05, 3.63) is 24.3 Å². The minimum Gasteiger partial charge on any atom is -0.428 e. The Morgan fingerprint density at radius 1 is 1.10 bits per heavy atom. The van der Waals surface area contributed by atoms with Gasteiger partial charge in [0, 0.05) is 0 Å². The van der Waals surface area contributed by atoms with Crippen LogP contribution in [0.25, 0.3) is 0 Å². The predicted octanol–water partition coefficient (Wildman–Crippen LogP) is 2.27. The molecule has 0 unspecified atom stereocenters. The predicted molar refractivity (Wildman–Crippen MR) is 44.3 cm³/mol. The molecule has 0 aliphatic carbocycles. The smallest absolute Gasteiger partial charge is 0.192 e. The van der Waals surface area contributed by atoms with E-state index in [-0.39, 0.29) is 0 Å². The number of hydrogen-bond acceptors (Lipinski definition) is 3. The Morgan fingerprint density at radius 2 is 1.60 bits per heavy atom. The summed E-state index contributed by atoms with van der Waals surface area (Å²) in [5, 5.41) is 8.16. The zero-order valence-electron chi connectivity index (χ0n) is 4.95. The van der Waals surface area contributed by atoms with Gasteiger partial charge in [0.25, 0.3) is 0 Å². The lowest BCUT2D eigenvalue weighted by Crippen LogP contribution is -1.82. The first-order valence-electron chi connectivity index (χ1n) is 2.57. The van der Waals surface area contributed by atoms with Gasteiger partial charge < -0.3 is 7.95 Å². The van der Waals surface area contributed by atoms with E-state index in [0.29, 0.717) is 5.75 Å². The molecule has 0 saturated carbocycles. The minimum absolute atomic E-state index is 0.400. The van der Waals surface area contributed by atoms with E-state index in [9.17, 15) is 0 Å². The van der Waals surface area contributed by atoms with Gasteiger partial charge in [0.2, 0.25) is 0 Å². The highest BCUT2D eigenvalue weighted by atomic mass is 127. The van der Waals surface area contributed by atoms with E-state index < -0.39 is 0 Å². The first kappa shape index (κ1) is 7.62. The first-order valence-corrected chi connectivity index (χ1v) is 3.45. The number of benzene rings is 1. The molecule has 0 aliphatic heterocycles. The molecule has 3 nitrogen and oxygen atoms in total. The molecule has 1 rings (SSSR count). The van der Waals surface area contributed by atoms with Crippen molar-refractivity contribution in [3.63, 3.8) is 0 Å². The van der Waals surface area contributed by atoms with Gasteiger partial charge in [-0.3, -0.25) is 0 Å². The molecule has 0 amide bonds. The second kappa shape index (κ2) is 3.62. The number of halogens is 1. The van der Waals surface area contributed by atoms with Gasteiger partial charge in [-0.1, -0.05) is 0 Å². The molecule has 1 aromatic carbocycles. The molecule has 10 heavy (non-hydrogen) atoms. The second-order valence-corrected chi connectivity index (χ2v) is 2.08. The average Bonchev–Trinajstić information content (AvgIpc) is 2.05. The summed E-state index contributed by atoms with van der Waals surface area (Å²) in [4.78, 5) is 3.96. The van der Waals surface area contributed by atoms with Crippen LogP contribution in [-0.4, -0.2) is 5.26 Å². The molecule has 0 radical (unpaired) electrons. The molecule has 0 saturated heterocycles. The van der Waals surface area contributed by atoms with Crippen molar-refractivity contribution in [1.29, 1.82) is 0 Å². The highest BCUT2D eigenvalue weighted by Crippen LogP contribution is 2.17. The number of rotatable bonds is 2. The Bertz CT molecular complexity index is 174. The van der Waals surface area contributed by atoms with E-state index in [1.165, 1.54) is 0 Å². The van der Waals surface area contributed by atoms with Gasteiger partial charge in [-0.05, 0) is 24.3 Å². The fraction of sp³-hybridized carbons (Fsp3) is 0. The lowest BCUT2D eigenvalue weighted by molar-refractivity contribution is -0.137. The minimum atomic E-state index is 0.400. The maximum absolute atomic E-state index is 8.16. The summed E-state index contributed by atoms with van der Waals surface area (Å²) in [5.74, 6) is 1.12. The normalized spacial score (nSPS) is 9.00. The van der Waals surface area contributed by atoms with Crippen LogP contribution in [0.15, 0.2) is 24.3 Å². The topological polar surface area (TPSA) is 38.7 Å². The van der Waals surface area contributed by atoms with Crippen LogP contribution in [0.5, 0.6) is 11.5 Å². The Kier molecular flexibility index (Phi) is 2.76. The standard InChI is InChI=1S/C6H5IO3/c7-9-5-1-3-6(10-8)4-2-5/h1-4,8H. The Morgan fingerprint density at radius 3 is 2.00 bits per heavy atom. The highest BCUT2D eigenvalue weighted by Gasteiger charge is 1.92. The van der Waals surface area contributed by atoms with Crippen molar-refractivity contribution in [1.82, 2.24) is 0 Å². The Balaban J connectivity index is 2.80. The van der Waals surface area contributed by atoms with Crippen molar-refractivity contribution in [2.45, 2.75) is 0 Å². The van der Waals surface area contributed by atoms with Crippen LogP contribution >= 0.6 is 23.0 Å². The third-order valence-corrected chi connectivity index (χ3v) is 1.53. The third kappa shape index (κ3) is 1.74. The quantitative estimate of drug-likeness (QED) is 0.498. The lowest BCUT2D eigenvalue weighted by Gasteiger charge is -1.96. The Labute approximate surface area is 72.2 Å². The SMILES string of the molecule is OOc1ccc(OI)cc1. The molecule has 0 spiro atoms. The maximum atomic E-state index is 8.16. The Hall–Kier alpha value is -0.490. The van der Waals surface area contributed by atoms with Crippen LogP contribution in [0.1, 0.15) is 0 Å². The lowest BCUT2D eigenvalue weighted by atomic mass is 10.3. The van der Waals surface area contributed by atoms with Gasteiger partial charge in [0.1, 0.15) is 5.75 Å². The van der Waals surface area contributed by atoms with Crippen molar-refractivity contribution in [2.75, 3.05) is 0 Å². The molecule has 0 atom stereocenters. The van der Waals surface area contributed by atoms with Crippen LogP contribution in [0.4, 0.5) is 0 Å². The molecular weight excluding hydrogens is 247 g/mol. The van der Waals surface area contributed by atoms with Crippen molar-refractivity contribution in [3.8, 4) is 11.5 Å². The zero-order chi connectivity index (χ0) is 7.40. The fourth-order valence-corrected chi connectivity index (χ4v) is 0.846. The van der Waals surface area contributed by atoms with Crippen LogP contribution in [0, 0.1) is 0 Å². The molecule has 0 bridgehead atoms. The van der Waals surface area contributed by atoms with Crippen LogP contribution in [0.3, 0.4) is 0 Å². The van der Waals surface area contributed by atoms with Gasteiger partial charge in [-0.15, -0.1) is 0 Å². The van der Waals surface area contributed by atoms with E-state index in [2.05, 4.69) is 4.89 Å². The monoisotopic (exact) mass is 252 g/mol. The molecule has 0 heterocycles. The van der Waals surface area contributed by atoms with E-state index in [1.807, 2.05) is 0 Å². The highest BCUT2D eigenvalue weighted by molar-refractivity contribution is 14.1. The van der Waals surface area contributed by atoms with Gasteiger partial charge in [-0.25, -0.2) is 5.26 Å². The van der Waals surface area contributed by atoms with E-state index in [4.69, 9.17) is 8.32 Å². The van der Waals surface area contributed by atoms with E-state index >= 15 is 0 Å². The molecule has 54 valence electrons. The maximum Gasteiger partial charge on any atom is 0.192 e. The second-order valence-electron chi connectivity index (χ2n) is 1.64. The van der Waals surface area contributed by atoms with Gasteiger partial charge >= 0.3 is 0 Å². The fourth-order valence-electron chi connectivity index (χ4n) is 0.552. The van der Waals surface area contributed by atoms with Gasteiger partial charge in [0.05, 0.1) is 0 Å². The van der Waals surface area contributed by atoms with Crippen molar-refractivity contribution >= 4 is 23.0 Å². The third-order valence-electron chi connectivity index (χ3n) is 1.02. The summed E-state index contributed by atoms with van der Waals surface area (Å²) >= 11 is 1.77. The van der Waals surface area contributed by atoms with E-state index in [1.54, 1.807) is 47.3 Å². The molecular formula is C6H5IO3. The number of hydrogen-bond donors (Lipinski definition) is 1. The van der Waals surface area contributed by atoms with Crippen LogP contribution in [0.2, 0.25) is 0 Å². The van der Waals surface area contributed by atoms with Crippen LogP contribution in [-0.2, 0) is 0 Å². The first-order chi connectivity index (χ1) is 4.86. The summed E-state index contributed by atoms with van der Waals surface area (Å²) in [6.45, 7) is 0. The largest absolute Gasteiger partial charge is 0.428 e. The summed E-state index contributed by atoms with van der Waals surface area (Å²) in [6.07, 6.45) is 0. The van der Waals surface area contributed by atoms with Gasteiger partial charge in [0.15, 0.2) is 28.8 Å².